The van der Waals surface area contributed by atoms with Crippen molar-refractivity contribution in [1.29, 1.82) is 0 Å². The Hall–Kier alpha value is -0.820. The fourth-order valence-corrected chi connectivity index (χ4v) is 4.13. The van der Waals surface area contributed by atoms with E-state index in [-0.39, 0.29) is 0 Å². The van der Waals surface area contributed by atoms with E-state index in [1.807, 2.05) is 0 Å². The predicted molar refractivity (Wildman–Crippen MR) is 92.8 cm³/mol. The number of likely N-dealkylation sites (N-methyl/N-ethyl adjacent to an activating group) is 1. The van der Waals surface area contributed by atoms with Crippen molar-refractivity contribution in [3.63, 3.8) is 0 Å². The largest absolute Gasteiger partial charge is 0.314 e. The topological polar surface area (TPSA) is 12.0 Å². The lowest BCUT2D eigenvalue weighted by Crippen LogP contribution is -2.40. The van der Waals surface area contributed by atoms with Crippen molar-refractivity contribution in [3.8, 4) is 0 Å². The van der Waals surface area contributed by atoms with Gasteiger partial charge in [-0.15, -0.1) is 0 Å². The number of hydrogen-bond acceptors (Lipinski definition) is 1. The molecule has 3 atom stereocenters. The Kier molecular flexibility index (Phi) is 6.29. The van der Waals surface area contributed by atoms with E-state index in [0.29, 0.717) is 6.04 Å². The van der Waals surface area contributed by atoms with Gasteiger partial charge in [0.25, 0.3) is 0 Å². The summed E-state index contributed by atoms with van der Waals surface area (Å²) >= 11 is 0. The van der Waals surface area contributed by atoms with Crippen molar-refractivity contribution in [3.05, 3.63) is 34.9 Å². The molecule has 21 heavy (non-hydrogen) atoms. The molecule has 1 fully saturated rings. The van der Waals surface area contributed by atoms with E-state index < -0.39 is 0 Å². The summed E-state index contributed by atoms with van der Waals surface area (Å²) in [5.41, 5.74) is 4.49. The first-order chi connectivity index (χ1) is 10.2. The molecule has 0 amide bonds. The van der Waals surface area contributed by atoms with E-state index in [0.717, 1.165) is 18.4 Å². The summed E-state index contributed by atoms with van der Waals surface area (Å²) in [6, 6.07) is 7.37. The Labute approximate surface area is 131 Å². The average Bonchev–Trinajstić information content (AvgIpc) is 2.50. The molecule has 1 N–H and O–H groups in total. The van der Waals surface area contributed by atoms with Crippen LogP contribution in [0.1, 0.15) is 62.6 Å². The lowest BCUT2D eigenvalue weighted by molar-refractivity contribution is 0.208. The SMILES string of the molecule is CCNC(Cc1c(C)cccc1C)C1CCCC(CC)C1. The van der Waals surface area contributed by atoms with Crippen LogP contribution in [0.3, 0.4) is 0 Å². The molecular weight excluding hydrogens is 254 g/mol. The molecule has 0 aliphatic heterocycles. The Bertz CT molecular complexity index is 417. The average molecular weight is 287 g/mol. The summed E-state index contributed by atoms with van der Waals surface area (Å²) in [5.74, 6) is 1.82. The van der Waals surface area contributed by atoms with Gasteiger partial charge in [0.2, 0.25) is 0 Å². The van der Waals surface area contributed by atoms with Gasteiger partial charge in [-0.05, 0) is 68.2 Å². The van der Waals surface area contributed by atoms with Crippen LogP contribution in [0.2, 0.25) is 0 Å². The molecule has 1 nitrogen and oxygen atoms in total. The van der Waals surface area contributed by atoms with Gasteiger partial charge >= 0.3 is 0 Å². The van der Waals surface area contributed by atoms with Gasteiger partial charge in [-0.2, -0.15) is 0 Å². The molecule has 2 rings (SSSR count). The molecule has 1 aromatic rings. The zero-order valence-corrected chi connectivity index (χ0v) is 14.4. The van der Waals surface area contributed by atoms with Crippen molar-refractivity contribution in [2.45, 2.75) is 72.3 Å². The number of rotatable bonds is 6. The molecule has 3 unspecified atom stereocenters. The maximum Gasteiger partial charge on any atom is 0.0136 e. The minimum absolute atomic E-state index is 0.657. The summed E-state index contributed by atoms with van der Waals surface area (Å²) in [6.45, 7) is 10.2. The summed E-state index contributed by atoms with van der Waals surface area (Å²) in [6.07, 6.45) is 8.29. The maximum absolute atomic E-state index is 3.80. The highest BCUT2D eigenvalue weighted by atomic mass is 14.9. The molecule has 1 saturated carbocycles. The van der Waals surface area contributed by atoms with Crippen LogP contribution in [0.4, 0.5) is 0 Å². The van der Waals surface area contributed by atoms with Crippen molar-refractivity contribution in [2.75, 3.05) is 6.54 Å². The molecule has 1 aliphatic rings. The molecule has 1 aromatic carbocycles. The van der Waals surface area contributed by atoms with Gasteiger partial charge in [0.05, 0.1) is 0 Å². The van der Waals surface area contributed by atoms with Crippen LogP contribution in [0.5, 0.6) is 0 Å². The molecule has 0 spiro atoms. The van der Waals surface area contributed by atoms with Gasteiger partial charge in [-0.1, -0.05) is 51.3 Å². The summed E-state index contributed by atoms with van der Waals surface area (Å²) < 4.78 is 0. The second kappa shape index (κ2) is 7.98. The van der Waals surface area contributed by atoms with Crippen molar-refractivity contribution in [1.82, 2.24) is 5.32 Å². The smallest absolute Gasteiger partial charge is 0.0136 e. The van der Waals surface area contributed by atoms with Crippen molar-refractivity contribution < 1.29 is 0 Å². The third-order valence-corrected chi connectivity index (χ3v) is 5.50. The van der Waals surface area contributed by atoms with Crippen LogP contribution in [0.15, 0.2) is 18.2 Å². The molecule has 1 aliphatic carbocycles. The summed E-state index contributed by atoms with van der Waals surface area (Å²) in [5, 5.41) is 3.80. The molecule has 0 aromatic heterocycles. The van der Waals surface area contributed by atoms with E-state index in [1.165, 1.54) is 49.7 Å². The zero-order chi connectivity index (χ0) is 15.2. The Morgan fingerprint density at radius 3 is 2.48 bits per heavy atom. The summed E-state index contributed by atoms with van der Waals surface area (Å²) in [4.78, 5) is 0. The second-order valence-electron chi connectivity index (χ2n) is 6.94. The zero-order valence-electron chi connectivity index (χ0n) is 14.4. The Morgan fingerprint density at radius 1 is 1.14 bits per heavy atom. The van der Waals surface area contributed by atoms with Crippen molar-refractivity contribution >= 4 is 0 Å². The van der Waals surface area contributed by atoms with E-state index in [2.05, 4.69) is 51.2 Å². The molecular formula is C20H33N. The van der Waals surface area contributed by atoms with Crippen LogP contribution < -0.4 is 5.32 Å². The minimum atomic E-state index is 0.657. The first-order valence-electron chi connectivity index (χ1n) is 8.94. The fraction of sp³-hybridized carbons (Fsp3) is 0.700. The number of hydrogen-bond donors (Lipinski definition) is 1. The van der Waals surface area contributed by atoms with Crippen LogP contribution in [0, 0.1) is 25.7 Å². The monoisotopic (exact) mass is 287 g/mol. The van der Waals surface area contributed by atoms with Gasteiger partial charge in [-0.25, -0.2) is 0 Å². The third kappa shape index (κ3) is 4.32. The fourth-order valence-electron chi connectivity index (χ4n) is 4.13. The highest BCUT2D eigenvalue weighted by Gasteiger charge is 2.27. The molecule has 1 heteroatoms. The molecule has 0 bridgehead atoms. The van der Waals surface area contributed by atoms with Gasteiger partial charge in [0, 0.05) is 6.04 Å². The number of benzene rings is 1. The van der Waals surface area contributed by atoms with E-state index >= 15 is 0 Å². The minimum Gasteiger partial charge on any atom is -0.314 e. The van der Waals surface area contributed by atoms with Gasteiger partial charge in [-0.3, -0.25) is 0 Å². The summed E-state index contributed by atoms with van der Waals surface area (Å²) in [7, 11) is 0. The predicted octanol–water partition coefficient (Wildman–Crippen LogP) is 5.04. The van der Waals surface area contributed by atoms with Gasteiger partial charge in [0.1, 0.15) is 0 Å². The lowest BCUT2D eigenvalue weighted by Gasteiger charge is -2.35. The lowest BCUT2D eigenvalue weighted by atomic mass is 9.75. The van der Waals surface area contributed by atoms with E-state index in [9.17, 15) is 0 Å². The Morgan fingerprint density at radius 2 is 1.86 bits per heavy atom. The molecule has 0 saturated heterocycles. The van der Waals surface area contributed by atoms with E-state index in [1.54, 1.807) is 5.56 Å². The van der Waals surface area contributed by atoms with Gasteiger partial charge in [0.15, 0.2) is 0 Å². The number of nitrogens with one attached hydrogen (secondary N) is 1. The van der Waals surface area contributed by atoms with Gasteiger partial charge < -0.3 is 5.32 Å². The highest BCUT2D eigenvalue weighted by Crippen LogP contribution is 2.34. The quantitative estimate of drug-likeness (QED) is 0.773. The maximum atomic E-state index is 3.80. The highest BCUT2D eigenvalue weighted by molar-refractivity contribution is 5.34. The van der Waals surface area contributed by atoms with Crippen LogP contribution >= 0.6 is 0 Å². The molecule has 0 heterocycles. The Balaban J connectivity index is 2.11. The third-order valence-electron chi connectivity index (χ3n) is 5.50. The van der Waals surface area contributed by atoms with Crippen LogP contribution in [-0.2, 0) is 6.42 Å². The van der Waals surface area contributed by atoms with Crippen LogP contribution in [-0.4, -0.2) is 12.6 Å². The van der Waals surface area contributed by atoms with E-state index in [4.69, 9.17) is 0 Å². The molecule has 0 radical (unpaired) electrons. The first-order valence-corrected chi connectivity index (χ1v) is 8.94. The second-order valence-corrected chi connectivity index (χ2v) is 6.94. The molecule has 118 valence electrons. The number of aryl methyl sites for hydroxylation is 2. The van der Waals surface area contributed by atoms with Crippen LogP contribution in [0.25, 0.3) is 0 Å². The standard InChI is InChI=1S/C20H33N/c1-5-17-11-8-12-18(13-17)20(21-6-2)14-19-15(3)9-7-10-16(19)4/h7,9-10,17-18,20-21H,5-6,8,11-14H2,1-4H3. The first kappa shape index (κ1) is 16.5. The van der Waals surface area contributed by atoms with Crippen molar-refractivity contribution in [2.24, 2.45) is 11.8 Å². The normalized spacial score (nSPS) is 24.0.